The first kappa shape index (κ1) is 10.4. The molecule has 2 rings (SSSR count). The van der Waals surface area contributed by atoms with Crippen molar-refractivity contribution in [1.29, 1.82) is 0 Å². The molecular formula is C9H10N6S. The van der Waals surface area contributed by atoms with Crippen molar-refractivity contribution in [1.82, 2.24) is 20.2 Å². The van der Waals surface area contributed by atoms with Crippen LogP contribution >= 0.6 is 12.2 Å². The molecule has 1 aliphatic heterocycles. The van der Waals surface area contributed by atoms with Gasteiger partial charge in [-0.25, -0.2) is 0 Å². The summed E-state index contributed by atoms with van der Waals surface area (Å²) in [6.45, 7) is 0. The summed E-state index contributed by atoms with van der Waals surface area (Å²) in [5, 5.41) is 9.70. The van der Waals surface area contributed by atoms with Crippen LogP contribution in [-0.4, -0.2) is 26.9 Å². The number of nitrogens with zero attached hydrogens (tertiary/aromatic N) is 3. The fourth-order valence-electron chi connectivity index (χ4n) is 1.28. The van der Waals surface area contributed by atoms with Crippen LogP contribution in [0.25, 0.3) is 5.57 Å². The standard InChI is InChI=1S/C9H10N6S/c1-11-15-9(10)13-8(14-15)6-2-3-12-7(4-6)5-16/h2-4,11-12H,1H3,(H2,10,13,14). The highest BCUT2D eigenvalue weighted by Gasteiger charge is 2.11. The van der Waals surface area contributed by atoms with Gasteiger partial charge in [-0.15, -0.1) is 9.89 Å². The topological polar surface area (TPSA) is 80.8 Å². The Morgan fingerprint density at radius 1 is 1.62 bits per heavy atom. The van der Waals surface area contributed by atoms with Gasteiger partial charge in [0.05, 0.1) is 5.70 Å². The number of aromatic nitrogens is 3. The first-order valence-corrected chi connectivity index (χ1v) is 4.96. The van der Waals surface area contributed by atoms with E-state index in [0.29, 0.717) is 17.5 Å². The second-order valence-corrected chi connectivity index (χ2v) is 3.23. The fourth-order valence-corrected chi connectivity index (χ4v) is 1.39. The van der Waals surface area contributed by atoms with Gasteiger partial charge >= 0.3 is 0 Å². The normalized spacial score (nSPS) is 14.1. The third-order valence-corrected chi connectivity index (χ3v) is 2.23. The number of nitrogens with one attached hydrogen (secondary N) is 2. The van der Waals surface area contributed by atoms with Crippen molar-refractivity contribution in [2.24, 2.45) is 0 Å². The third kappa shape index (κ3) is 1.81. The Hall–Kier alpha value is -2.11. The van der Waals surface area contributed by atoms with Crippen molar-refractivity contribution < 1.29 is 0 Å². The lowest BCUT2D eigenvalue weighted by Crippen LogP contribution is -2.13. The van der Waals surface area contributed by atoms with Crippen LogP contribution in [0, 0.1) is 0 Å². The van der Waals surface area contributed by atoms with Crippen molar-refractivity contribution in [2.45, 2.75) is 0 Å². The van der Waals surface area contributed by atoms with E-state index in [1.165, 1.54) is 4.79 Å². The minimum Gasteiger partial charge on any atom is -0.367 e. The summed E-state index contributed by atoms with van der Waals surface area (Å²) in [5.41, 5.74) is 9.96. The molecule has 0 aromatic carbocycles. The summed E-state index contributed by atoms with van der Waals surface area (Å²) in [6, 6.07) is 0. The van der Waals surface area contributed by atoms with Gasteiger partial charge in [-0.3, -0.25) is 0 Å². The van der Waals surface area contributed by atoms with Gasteiger partial charge in [-0.05, 0) is 29.4 Å². The summed E-state index contributed by atoms with van der Waals surface area (Å²) >= 11 is 4.72. The molecule has 0 unspecified atom stereocenters. The highest BCUT2D eigenvalue weighted by atomic mass is 32.1. The minimum absolute atomic E-state index is 0.304. The largest absolute Gasteiger partial charge is 0.367 e. The number of thiocarbonyl (C=S) groups is 1. The van der Waals surface area contributed by atoms with Crippen LogP contribution in [0.15, 0.2) is 24.0 Å². The zero-order valence-electron chi connectivity index (χ0n) is 8.56. The maximum absolute atomic E-state index is 5.64. The zero-order valence-corrected chi connectivity index (χ0v) is 9.38. The van der Waals surface area contributed by atoms with Gasteiger partial charge in [0.15, 0.2) is 5.82 Å². The number of nitrogen functional groups attached to an aromatic ring is 1. The zero-order chi connectivity index (χ0) is 11.5. The van der Waals surface area contributed by atoms with E-state index in [0.717, 1.165) is 5.57 Å². The van der Waals surface area contributed by atoms with Crippen molar-refractivity contribution in [3.63, 3.8) is 0 Å². The van der Waals surface area contributed by atoms with E-state index in [2.05, 4.69) is 25.8 Å². The summed E-state index contributed by atoms with van der Waals surface area (Å²) in [5.74, 6) is 0.838. The Labute approximate surface area is 97.5 Å². The molecule has 0 aliphatic carbocycles. The molecule has 7 heteroatoms. The molecule has 0 amide bonds. The SMILES string of the molecule is CNn1nc(C2=CC(=C=S)NC=C2)nc1N. The van der Waals surface area contributed by atoms with E-state index in [1.807, 2.05) is 12.2 Å². The second kappa shape index (κ2) is 4.18. The predicted octanol–water partition coefficient (Wildman–Crippen LogP) is 0.0164. The average molecular weight is 234 g/mol. The lowest BCUT2D eigenvalue weighted by Gasteiger charge is -2.06. The molecule has 0 radical (unpaired) electrons. The van der Waals surface area contributed by atoms with Gasteiger partial charge < -0.3 is 16.5 Å². The Balaban J connectivity index is 2.40. The summed E-state index contributed by atoms with van der Waals surface area (Å²) in [6.07, 6.45) is 5.40. The molecule has 82 valence electrons. The summed E-state index contributed by atoms with van der Waals surface area (Å²) in [4.78, 5) is 5.51. The number of anilines is 1. The van der Waals surface area contributed by atoms with E-state index in [4.69, 9.17) is 18.0 Å². The molecule has 1 aliphatic rings. The van der Waals surface area contributed by atoms with Crippen LogP contribution < -0.4 is 16.5 Å². The second-order valence-electron chi connectivity index (χ2n) is 3.02. The van der Waals surface area contributed by atoms with Crippen molar-refractivity contribution in [3.8, 4) is 0 Å². The van der Waals surface area contributed by atoms with E-state index < -0.39 is 0 Å². The van der Waals surface area contributed by atoms with Gasteiger partial charge in [-0.1, -0.05) is 0 Å². The lowest BCUT2D eigenvalue weighted by atomic mass is 10.2. The third-order valence-electron chi connectivity index (χ3n) is 2.01. The van der Waals surface area contributed by atoms with Gasteiger partial charge in [0.25, 0.3) is 0 Å². The van der Waals surface area contributed by atoms with E-state index in [1.54, 1.807) is 13.2 Å². The molecule has 0 fully saturated rings. The van der Waals surface area contributed by atoms with Gasteiger partial charge in [-0.2, -0.15) is 4.98 Å². The highest BCUT2D eigenvalue weighted by Crippen LogP contribution is 2.16. The monoisotopic (exact) mass is 234 g/mol. The smallest absolute Gasteiger partial charge is 0.239 e. The minimum atomic E-state index is 0.304. The quantitative estimate of drug-likeness (QED) is 0.626. The maximum Gasteiger partial charge on any atom is 0.239 e. The Kier molecular flexibility index (Phi) is 2.72. The molecule has 0 atom stereocenters. The van der Waals surface area contributed by atoms with Crippen molar-refractivity contribution >= 4 is 28.8 Å². The molecule has 2 heterocycles. The molecule has 0 spiro atoms. The molecule has 1 aromatic rings. The Morgan fingerprint density at radius 2 is 2.44 bits per heavy atom. The van der Waals surface area contributed by atoms with E-state index in [-0.39, 0.29) is 0 Å². The maximum atomic E-state index is 5.64. The Morgan fingerprint density at radius 3 is 3.06 bits per heavy atom. The van der Waals surface area contributed by atoms with Gasteiger partial charge in [0, 0.05) is 18.8 Å². The number of hydrogen-bond acceptors (Lipinski definition) is 6. The number of hydrogen-bond donors (Lipinski definition) is 3. The Bertz CT molecular complexity index is 520. The fraction of sp³-hybridized carbons (Fsp3) is 0.111. The summed E-state index contributed by atoms with van der Waals surface area (Å²) in [7, 11) is 1.71. The highest BCUT2D eigenvalue weighted by molar-refractivity contribution is 7.78. The molecule has 0 saturated carbocycles. The molecule has 1 aromatic heterocycles. The first-order valence-electron chi connectivity index (χ1n) is 4.55. The number of allylic oxidation sites excluding steroid dienone is 3. The number of dihydropyridines is 1. The van der Waals surface area contributed by atoms with Crippen LogP contribution in [-0.2, 0) is 0 Å². The van der Waals surface area contributed by atoms with E-state index >= 15 is 0 Å². The first-order chi connectivity index (χ1) is 7.74. The molecule has 6 nitrogen and oxygen atoms in total. The van der Waals surface area contributed by atoms with Crippen LogP contribution in [0.2, 0.25) is 0 Å². The summed E-state index contributed by atoms with van der Waals surface area (Å²) < 4.78 is 0. The van der Waals surface area contributed by atoms with Crippen LogP contribution in [0.4, 0.5) is 5.95 Å². The van der Waals surface area contributed by atoms with Gasteiger partial charge in [0.1, 0.15) is 0 Å². The molecule has 0 bridgehead atoms. The van der Waals surface area contributed by atoms with Crippen LogP contribution in [0.5, 0.6) is 0 Å². The van der Waals surface area contributed by atoms with E-state index in [9.17, 15) is 0 Å². The molecule has 0 saturated heterocycles. The molecule has 4 N–H and O–H groups in total. The average Bonchev–Trinajstić information content (AvgIpc) is 2.71. The van der Waals surface area contributed by atoms with Crippen LogP contribution in [0.1, 0.15) is 5.82 Å². The van der Waals surface area contributed by atoms with Crippen molar-refractivity contribution in [2.75, 3.05) is 18.2 Å². The lowest BCUT2D eigenvalue weighted by molar-refractivity contribution is 0.788. The predicted molar refractivity (Wildman–Crippen MR) is 66.1 cm³/mol. The van der Waals surface area contributed by atoms with Crippen molar-refractivity contribution in [3.05, 3.63) is 29.9 Å². The molecular weight excluding hydrogens is 224 g/mol. The van der Waals surface area contributed by atoms with Gasteiger partial charge in [0.2, 0.25) is 5.95 Å². The van der Waals surface area contributed by atoms with Crippen LogP contribution in [0.3, 0.4) is 0 Å². The number of rotatable bonds is 2. The number of nitrogens with two attached hydrogens (primary N) is 1. The molecule has 16 heavy (non-hydrogen) atoms.